The van der Waals surface area contributed by atoms with E-state index in [4.69, 9.17) is 5.11 Å². The van der Waals surface area contributed by atoms with E-state index in [2.05, 4.69) is 5.32 Å². The van der Waals surface area contributed by atoms with Gasteiger partial charge in [0.25, 0.3) is 0 Å². The highest BCUT2D eigenvalue weighted by molar-refractivity contribution is 6.23. The van der Waals surface area contributed by atoms with Crippen LogP contribution in [0.2, 0.25) is 0 Å². The minimum atomic E-state index is -0.194. The zero-order valence-electron chi connectivity index (χ0n) is 10.9. The SMILES string of the molecule is CC1=CC(=O)C(Nc2ccc(CO)cc2)=C(C)C1=O. The van der Waals surface area contributed by atoms with E-state index in [1.165, 1.54) is 6.08 Å². The van der Waals surface area contributed by atoms with Gasteiger partial charge >= 0.3 is 0 Å². The van der Waals surface area contributed by atoms with Gasteiger partial charge in [-0.3, -0.25) is 9.59 Å². The van der Waals surface area contributed by atoms with Gasteiger partial charge in [-0.25, -0.2) is 0 Å². The molecule has 0 aromatic heterocycles. The molecule has 0 unspecified atom stereocenters. The Morgan fingerprint density at radius 3 is 2.32 bits per heavy atom. The maximum Gasteiger partial charge on any atom is 0.202 e. The first kappa shape index (κ1) is 13.2. The second-order valence-electron chi connectivity index (χ2n) is 4.50. The first-order valence-electron chi connectivity index (χ1n) is 5.98. The molecule has 4 nitrogen and oxygen atoms in total. The summed E-state index contributed by atoms with van der Waals surface area (Å²) >= 11 is 0. The fourth-order valence-corrected chi connectivity index (χ4v) is 1.92. The minimum Gasteiger partial charge on any atom is -0.392 e. The smallest absolute Gasteiger partial charge is 0.202 e. The van der Waals surface area contributed by atoms with Crippen molar-refractivity contribution < 1.29 is 14.7 Å². The fourth-order valence-electron chi connectivity index (χ4n) is 1.92. The molecule has 0 radical (unpaired) electrons. The summed E-state index contributed by atoms with van der Waals surface area (Å²) in [6.07, 6.45) is 1.35. The number of anilines is 1. The number of benzene rings is 1. The van der Waals surface area contributed by atoms with Gasteiger partial charge in [-0.1, -0.05) is 12.1 Å². The average Bonchev–Trinajstić information content (AvgIpc) is 2.42. The Morgan fingerprint density at radius 2 is 1.74 bits per heavy atom. The average molecular weight is 257 g/mol. The summed E-state index contributed by atoms with van der Waals surface area (Å²) in [6.45, 7) is 3.25. The molecular weight excluding hydrogens is 242 g/mol. The molecule has 1 aliphatic carbocycles. The molecule has 4 heteroatoms. The van der Waals surface area contributed by atoms with Crippen LogP contribution in [0.1, 0.15) is 19.4 Å². The zero-order chi connectivity index (χ0) is 14.0. The van der Waals surface area contributed by atoms with Crippen LogP contribution in [0, 0.1) is 0 Å². The summed E-state index contributed by atoms with van der Waals surface area (Å²) in [4.78, 5) is 23.7. The maximum absolute atomic E-state index is 11.9. The number of allylic oxidation sites excluding steroid dienone is 3. The lowest BCUT2D eigenvalue weighted by molar-refractivity contribution is -0.115. The van der Waals surface area contributed by atoms with Crippen molar-refractivity contribution >= 4 is 17.3 Å². The van der Waals surface area contributed by atoms with E-state index in [0.29, 0.717) is 22.5 Å². The number of aliphatic hydroxyl groups is 1. The molecule has 0 fully saturated rings. The van der Waals surface area contributed by atoms with E-state index < -0.39 is 0 Å². The van der Waals surface area contributed by atoms with E-state index in [-0.39, 0.29) is 18.2 Å². The third kappa shape index (κ3) is 2.63. The Balaban J connectivity index is 2.27. The lowest BCUT2D eigenvalue weighted by Gasteiger charge is -2.16. The highest BCUT2D eigenvalue weighted by Gasteiger charge is 2.23. The molecule has 0 bridgehead atoms. The van der Waals surface area contributed by atoms with E-state index in [9.17, 15) is 9.59 Å². The van der Waals surface area contributed by atoms with Gasteiger partial charge in [-0.2, -0.15) is 0 Å². The maximum atomic E-state index is 11.9. The largest absolute Gasteiger partial charge is 0.392 e. The molecule has 1 aromatic carbocycles. The van der Waals surface area contributed by atoms with Gasteiger partial charge in [0, 0.05) is 16.8 Å². The zero-order valence-corrected chi connectivity index (χ0v) is 10.9. The van der Waals surface area contributed by atoms with Crippen LogP contribution in [0.25, 0.3) is 0 Å². The quantitative estimate of drug-likeness (QED) is 0.812. The van der Waals surface area contributed by atoms with Gasteiger partial charge in [0.05, 0.1) is 12.3 Å². The van der Waals surface area contributed by atoms with Gasteiger partial charge in [-0.05, 0) is 37.6 Å². The Kier molecular flexibility index (Phi) is 3.62. The first-order valence-corrected chi connectivity index (χ1v) is 5.98. The summed E-state index contributed by atoms with van der Waals surface area (Å²) in [5, 5.41) is 11.9. The predicted molar refractivity (Wildman–Crippen MR) is 72.5 cm³/mol. The molecule has 19 heavy (non-hydrogen) atoms. The lowest BCUT2D eigenvalue weighted by Crippen LogP contribution is -2.21. The van der Waals surface area contributed by atoms with Crippen molar-refractivity contribution in [3.8, 4) is 0 Å². The van der Waals surface area contributed by atoms with Crippen molar-refractivity contribution in [1.29, 1.82) is 0 Å². The van der Waals surface area contributed by atoms with Crippen molar-refractivity contribution in [1.82, 2.24) is 0 Å². The van der Waals surface area contributed by atoms with Crippen LogP contribution in [-0.4, -0.2) is 16.7 Å². The number of hydrogen-bond donors (Lipinski definition) is 2. The molecule has 0 amide bonds. The van der Waals surface area contributed by atoms with Crippen LogP contribution < -0.4 is 5.32 Å². The molecule has 98 valence electrons. The Bertz CT molecular complexity index is 594. The molecule has 0 heterocycles. The van der Waals surface area contributed by atoms with E-state index >= 15 is 0 Å². The predicted octanol–water partition coefficient (Wildman–Crippen LogP) is 1.96. The van der Waals surface area contributed by atoms with Crippen molar-refractivity contribution in [2.75, 3.05) is 5.32 Å². The van der Waals surface area contributed by atoms with Crippen molar-refractivity contribution in [2.24, 2.45) is 0 Å². The number of carbonyl (C=O) groups is 2. The van der Waals surface area contributed by atoms with Gasteiger partial charge < -0.3 is 10.4 Å². The normalized spacial score (nSPS) is 15.6. The number of rotatable bonds is 3. The highest BCUT2D eigenvalue weighted by atomic mass is 16.3. The van der Waals surface area contributed by atoms with Crippen LogP contribution >= 0.6 is 0 Å². The summed E-state index contributed by atoms with van der Waals surface area (Å²) in [6, 6.07) is 7.03. The number of carbonyl (C=O) groups excluding carboxylic acids is 2. The summed E-state index contributed by atoms with van der Waals surface area (Å²) in [7, 11) is 0. The molecular formula is C15H15NO3. The van der Waals surface area contributed by atoms with E-state index in [1.807, 2.05) is 0 Å². The highest BCUT2D eigenvalue weighted by Crippen LogP contribution is 2.21. The number of hydrogen-bond acceptors (Lipinski definition) is 4. The molecule has 0 spiro atoms. The van der Waals surface area contributed by atoms with Crippen molar-refractivity contribution in [2.45, 2.75) is 20.5 Å². The number of ketones is 2. The van der Waals surface area contributed by atoms with Crippen LogP contribution in [0.15, 0.2) is 47.2 Å². The third-order valence-corrected chi connectivity index (χ3v) is 3.07. The molecule has 2 rings (SSSR count). The Hall–Kier alpha value is -2.20. The first-order chi connectivity index (χ1) is 9.02. The van der Waals surface area contributed by atoms with Crippen LogP contribution in [0.3, 0.4) is 0 Å². The van der Waals surface area contributed by atoms with E-state index in [0.717, 1.165) is 5.56 Å². The van der Waals surface area contributed by atoms with Gasteiger partial charge in [0.15, 0.2) is 5.78 Å². The molecule has 2 N–H and O–H groups in total. The Labute approximate surface area is 111 Å². The molecule has 1 aliphatic rings. The third-order valence-electron chi connectivity index (χ3n) is 3.07. The number of nitrogens with one attached hydrogen (secondary N) is 1. The second kappa shape index (κ2) is 5.20. The molecule has 0 aliphatic heterocycles. The summed E-state index contributed by atoms with van der Waals surface area (Å²) < 4.78 is 0. The standard InChI is InChI=1S/C15H15NO3/c1-9-7-13(18)14(10(2)15(9)19)16-12-5-3-11(8-17)4-6-12/h3-7,16-17H,8H2,1-2H3. The van der Waals surface area contributed by atoms with E-state index in [1.54, 1.807) is 38.1 Å². The fraction of sp³-hybridized carbons (Fsp3) is 0.200. The summed E-state index contributed by atoms with van der Waals surface area (Å²) in [5.74, 6) is -0.310. The van der Waals surface area contributed by atoms with Crippen LogP contribution in [0.5, 0.6) is 0 Å². The molecule has 0 atom stereocenters. The molecule has 0 saturated heterocycles. The molecule has 1 aromatic rings. The number of aliphatic hydroxyl groups excluding tert-OH is 1. The lowest BCUT2D eigenvalue weighted by atomic mass is 9.95. The van der Waals surface area contributed by atoms with Gasteiger partial charge in [0.1, 0.15) is 0 Å². The minimum absolute atomic E-state index is 0.0264. The second-order valence-corrected chi connectivity index (χ2v) is 4.50. The van der Waals surface area contributed by atoms with Crippen molar-refractivity contribution in [3.05, 3.63) is 52.7 Å². The summed E-state index contributed by atoms with van der Waals surface area (Å²) in [5.41, 5.74) is 2.70. The van der Waals surface area contributed by atoms with Crippen LogP contribution in [0.4, 0.5) is 5.69 Å². The molecule has 0 saturated carbocycles. The topological polar surface area (TPSA) is 66.4 Å². The van der Waals surface area contributed by atoms with Gasteiger partial charge in [0.2, 0.25) is 5.78 Å². The van der Waals surface area contributed by atoms with Crippen molar-refractivity contribution in [3.63, 3.8) is 0 Å². The Morgan fingerprint density at radius 1 is 1.11 bits per heavy atom. The van der Waals surface area contributed by atoms with Crippen LogP contribution in [-0.2, 0) is 16.2 Å². The number of Topliss-reactive ketones (excluding diaryl/α,β-unsaturated/α-hetero) is 1. The monoisotopic (exact) mass is 257 g/mol. The van der Waals surface area contributed by atoms with Gasteiger partial charge in [-0.15, -0.1) is 0 Å².